The van der Waals surface area contributed by atoms with Crippen LogP contribution in [0.4, 0.5) is 4.39 Å². The molecule has 0 aliphatic carbocycles. The van der Waals surface area contributed by atoms with Gasteiger partial charge in [-0.15, -0.1) is 0 Å². The summed E-state index contributed by atoms with van der Waals surface area (Å²) in [5.41, 5.74) is 2.41. The van der Waals surface area contributed by atoms with Crippen LogP contribution in [0.2, 0.25) is 5.02 Å². The number of aliphatic carboxylic acids is 1. The molecule has 0 aromatic heterocycles. The van der Waals surface area contributed by atoms with E-state index >= 15 is 0 Å². The van der Waals surface area contributed by atoms with E-state index in [1.165, 1.54) is 31.3 Å². The second kappa shape index (κ2) is 12.8. The van der Waals surface area contributed by atoms with Crippen LogP contribution in [0.1, 0.15) is 25.0 Å². The monoisotopic (exact) mass is 574 g/mol. The van der Waals surface area contributed by atoms with E-state index in [2.05, 4.69) is 5.32 Å². The number of halogens is 2. The van der Waals surface area contributed by atoms with Crippen LogP contribution in [0.15, 0.2) is 77.7 Å². The fraction of sp³-hybridized carbons (Fsp3) is 0.276. The summed E-state index contributed by atoms with van der Waals surface area (Å²) in [6, 6.07) is 18.2. The zero-order valence-electron chi connectivity index (χ0n) is 21.9. The Bertz CT molecular complexity index is 1440. The van der Waals surface area contributed by atoms with Gasteiger partial charge < -0.3 is 15.5 Å². The summed E-state index contributed by atoms with van der Waals surface area (Å²) in [4.78, 5) is 10.8. The van der Waals surface area contributed by atoms with E-state index in [1.54, 1.807) is 48.5 Å². The number of likely N-dealkylation sites (N-methyl/N-ethyl adjacent to an activating group) is 1. The molecule has 3 N–H and O–H groups in total. The molecule has 0 radical (unpaired) electrons. The molecule has 0 saturated carbocycles. The smallest absolute Gasteiger partial charge is 0.328 e. The highest BCUT2D eigenvalue weighted by atomic mass is 35.5. The van der Waals surface area contributed by atoms with Crippen molar-refractivity contribution in [1.29, 1.82) is 0 Å². The van der Waals surface area contributed by atoms with Gasteiger partial charge in [-0.3, -0.25) is 0 Å². The van der Waals surface area contributed by atoms with Crippen molar-refractivity contribution in [3.05, 3.63) is 94.8 Å². The van der Waals surface area contributed by atoms with E-state index in [0.717, 1.165) is 21.5 Å². The summed E-state index contributed by atoms with van der Waals surface area (Å²) < 4.78 is 41.4. The van der Waals surface area contributed by atoms with Gasteiger partial charge in [0.25, 0.3) is 0 Å². The summed E-state index contributed by atoms with van der Waals surface area (Å²) in [5.74, 6) is -1.54. The molecule has 0 amide bonds. The minimum Gasteiger partial charge on any atom is -0.478 e. The number of aliphatic hydroxyl groups is 1. The molecule has 10 heteroatoms. The lowest BCUT2D eigenvalue weighted by Gasteiger charge is -2.29. The molecule has 0 fully saturated rings. The number of aliphatic hydroxyl groups excluding tert-OH is 1. The number of carbonyl (C=O) groups is 1. The number of hydrogen-bond donors (Lipinski definition) is 3. The predicted octanol–water partition coefficient (Wildman–Crippen LogP) is 4.84. The second-order valence-corrected chi connectivity index (χ2v) is 12.4. The quantitative estimate of drug-likeness (QED) is 0.267. The van der Waals surface area contributed by atoms with Crippen LogP contribution in [0.25, 0.3) is 17.2 Å². The number of sulfonamides is 1. The Labute approximate surface area is 233 Å². The van der Waals surface area contributed by atoms with Gasteiger partial charge in [-0.1, -0.05) is 54.1 Å². The molecule has 3 rings (SSSR count). The maximum Gasteiger partial charge on any atom is 0.328 e. The SMILES string of the molecule is CN(C[C@H](O)CNC(C)(C)Cc1ccc(Cl)c(F)c1)S(=O)(=O)c1cccc(-c2ccc(C=CC(=O)O)cc2)c1. The van der Waals surface area contributed by atoms with Crippen molar-refractivity contribution in [3.8, 4) is 11.1 Å². The predicted molar refractivity (Wildman–Crippen MR) is 152 cm³/mol. The van der Waals surface area contributed by atoms with Crippen LogP contribution >= 0.6 is 11.6 Å². The van der Waals surface area contributed by atoms with Gasteiger partial charge in [-0.25, -0.2) is 17.6 Å². The van der Waals surface area contributed by atoms with Crippen molar-refractivity contribution in [1.82, 2.24) is 9.62 Å². The van der Waals surface area contributed by atoms with Crippen molar-refractivity contribution in [2.75, 3.05) is 20.1 Å². The van der Waals surface area contributed by atoms with Crippen LogP contribution in [0, 0.1) is 5.82 Å². The summed E-state index contributed by atoms with van der Waals surface area (Å²) in [7, 11) is -2.47. The maximum absolute atomic E-state index is 13.8. The summed E-state index contributed by atoms with van der Waals surface area (Å²) >= 11 is 5.75. The molecule has 3 aromatic rings. The van der Waals surface area contributed by atoms with Gasteiger partial charge in [0.1, 0.15) is 5.82 Å². The normalized spacial score (nSPS) is 13.2. The lowest BCUT2D eigenvalue weighted by atomic mass is 9.94. The van der Waals surface area contributed by atoms with E-state index in [-0.39, 0.29) is 23.0 Å². The van der Waals surface area contributed by atoms with Crippen LogP contribution in [-0.2, 0) is 21.2 Å². The Hall–Kier alpha value is -3.08. The molecule has 7 nitrogen and oxygen atoms in total. The third-order valence-electron chi connectivity index (χ3n) is 6.12. The van der Waals surface area contributed by atoms with E-state index in [4.69, 9.17) is 16.7 Å². The molecule has 208 valence electrons. The number of carboxylic acid groups (broad SMARTS) is 1. The van der Waals surface area contributed by atoms with Crippen LogP contribution < -0.4 is 5.32 Å². The molecule has 39 heavy (non-hydrogen) atoms. The zero-order chi connectivity index (χ0) is 28.8. The van der Waals surface area contributed by atoms with Gasteiger partial charge in [0.05, 0.1) is 16.0 Å². The minimum atomic E-state index is -3.89. The Morgan fingerprint density at radius 3 is 2.44 bits per heavy atom. The van der Waals surface area contributed by atoms with Crippen molar-refractivity contribution in [2.45, 2.75) is 36.8 Å². The molecule has 0 spiro atoms. The molecule has 0 saturated heterocycles. The Morgan fingerprint density at radius 1 is 1.10 bits per heavy atom. The van der Waals surface area contributed by atoms with E-state index in [1.807, 2.05) is 13.8 Å². The zero-order valence-corrected chi connectivity index (χ0v) is 23.5. The third kappa shape index (κ3) is 8.71. The van der Waals surface area contributed by atoms with Crippen LogP contribution in [0.3, 0.4) is 0 Å². The van der Waals surface area contributed by atoms with Crippen molar-refractivity contribution in [2.24, 2.45) is 0 Å². The minimum absolute atomic E-state index is 0.0537. The molecule has 0 heterocycles. The molecule has 0 unspecified atom stereocenters. The highest BCUT2D eigenvalue weighted by molar-refractivity contribution is 7.89. The van der Waals surface area contributed by atoms with Crippen molar-refractivity contribution in [3.63, 3.8) is 0 Å². The molecule has 0 aliphatic rings. The number of β-amino-alcohol motifs (C(OH)–C–C–N with tert-alkyl or cyclic N) is 1. The standard InChI is InChI=1S/C29H32ClFN2O5S/c1-29(2,17-21-9-13-26(30)27(31)15-21)32-18-24(34)19-33(3)39(37,38)25-6-4-5-23(16-25)22-11-7-20(8-12-22)10-14-28(35)36/h4-16,24,32,34H,17-19H2,1-3H3,(H,35,36)/t24-/m1/s1. The summed E-state index contributed by atoms with van der Waals surface area (Å²) in [5, 5.41) is 22.6. The van der Waals surface area contributed by atoms with Crippen LogP contribution in [-0.4, -0.2) is 60.7 Å². The maximum atomic E-state index is 13.8. The highest BCUT2D eigenvalue weighted by Gasteiger charge is 2.25. The largest absolute Gasteiger partial charge is 0.478 e. The van der Waals surface area contributed by atoms with Gasteiger partial charge in [-0.2, -0.15) is 4.31 Å². The van der Waals surface area contributed by atoms with Gasteiger partial charge in [0.2, 0.25) is 10.0 Å². The first kappa shape index (κ1) is 30.5. The fourth-order valence-electron chi connectivity index (χ4n) is 4.05. The van der Waals surface area contributed by atoms with Gasteiger partial charge in [0, 0.05) is 31.8 Å². The number of nitrogens with zero attached hydrogens (tertiary/aromatic N) is 1. The van der Waals surface area contributed by atoms with Crippen molar-refractivity contribution >= 4 is 33.7 Å². The lowest BCUT2D eigenvalue weighted by Crippen LogP contribution is -2.47. The Balaban J connectivity index is 1.63. The topological polar surface area (TPSA) is 107 Å². The number of benzene rings is 3. The molecule has 3 aromatic carbocycles. The number of nitrogens with one attached hydrogen (secondary N) is 1. The average molecular weight is 575 g/mol. The average Bonchev–Trinajstić information content (AvgIpc) is 2.88. The van der Waals surface area contributed by atoms with E-state index < -0.39 is 33.5 Å². The van der Waals surface area contributed by atoms with Crippen molar-refractivity contribution < 1.29 is 27.8 Å². The van der Waals surface area contributed by atoms with E-state index in [0.29, 0.717) is 17.5 Å². The highest BCUT2D eigenvalue weighted by Crippen LogP contribution is 2.25. The number of hydrogen-bond acceptors (Lipinski definition) is 5. The first-order chi connectivity index (χ1) is 18.3. The third-order valence-corrected chi connectivity index (χ3v) is 8.24. The number of rotatable bonds is 12. The summed E-state index contributed by atoms with van der Waals surface area (Å²) in [6.45, 7) is 3.82. The summed E-state index contributed by atoms with van der Waals surface area (Å²) in [6.07, 6.45) is 2.01. The fourth-order valence-corrected chi connectivity index (χ4v) is 5.42. The first-order valence-corrected chi connectivity index (χ1v) is 14.0. The molecular formula is C29H32ClFN2O5S. The Morgan fingerprint density at radius 2 is 1.79 bits per heavy atom. The molecular weight excluding hydrogens is 543 g/mol. The molecule has 0 aliphatic heterocycles. The lowest BCUT2D eigenvalue weighted by molar-refractivity contribution is -0.131. The first-order valence-electron chi connectivity index (χ1n) is 12.2. The Kier molecular flexibility index (Phi) is 10.0. The van der Waals surface area contributed by atoms with Gasteiger partial charge in [0.15, 0.2) is 0 Å². The van der Waals surface area contributed by atoms with Gasteiger partial charge in [-0.05, 0) is 72.9 Å². The van der Waals surface area contributed by atoms with Crippen LogP contribution in [0.5, 0.6) is 0 Å². The number of carboxylic acids is 1. The molecule has 0 bridgehead atoms. The van der Waals surface area contributed by atoms with Gasteiger partial charge >= 0.3 is 5.97 Å². The molecule has 1 atom stereocenters. The second-order valence-electron chi connectivity index (χ2n) is 9.95. The van der Waals surface area contributed by atoms with E-state index in [9.17, 15) is 22.7 Å².